The van der Waals surface area contributed by atoms with Crippen LogP contribution in [-0.2, 0) is 11.3 Å². The van der Waals surface area contributed by atoms with E-state index in [0.717, 1.165) is 63.0 Å². The van der Waals surface area contributed by atoms with Crippen molar-refractivity contribution in [3.8, 4) is 28.2 Å². The van der Waals surface area contributed by atoms with E-state index in [-0.39, 0.29) is 5.69 Å². The minimum absolute atomic E-state index is 0.169. The number of carboxylic acid groups (broad SMARTS) is 1. The van der Waals surface area contributed by atoms with Crippen LogP contribution in [0.2, 0.25) is 0 Å². The Kier molecular flexibility index (Phi) is 7.54. The van der Waals surface area contributed by atoms with Gasteiger partial charge in [-0.25, -0.2) is 9.59 Å². The summed E-state index contributed by atoms with van der Waals surface area (Å²) in [6, 6.07) is 26.4. The lowest BCUT2D eigenvalue weighted by atomic mass is 10.0. The molecule has 0 aliphatic carbocycles. The third kappa shape index (κ3) is 5.39. The van der Waals surface area contributed by atoms with Gasteiger partial charge < -0.3 is 25.4 Å². The number of hydrogen-bond acceptors (Lipinski definition) is 3. The quantitative estimate of drug-likeness (QED) is 0.202. The lowest BCUT2D eigenvalue weighted by Gasteiger charge is -2.09. The molecule has 3 heterocycles. The maximum atomic E-state index is 13.5. The molecule has 0 amide bonds. The van der Waals surface area contributed by atoms with Crippen molar-refractivity contribution >= 4 is 27.8 Å². The monoisotopic (exact) mass is 561 g/mol. The van der Waals surface area contributed by atoms with Crippen LogP contribution in [0.25, 0.3) is 50.0 Å². The van der Waals surface area contributed by atoms with Crippen LogP contribution >= 0.6 is 0 Å². The van der Waals surface area contributed by atoms with Crippen molar-refractivity contribution in [1.82, 2.24) is 19.1 Å². The summed E-state index contributed by atoms with van der Waals surface area (Å²) in [6.07, 6.45) is -0.140. The van der Waals surface area contributed by atoms with Crippen molar-refractivity contribution in [2.75, 3.05) is 6.54 Å². The van der Waals surface area contributed by atoms with Crippen molar-refractivity contribution in [3.05, 3.63) is 102 Å². The molecule has 6 rings (SSSR count). The zero-order chi connectivity index (χ0) is 29.1. The highest BCUT2D eigenvalue weighted by molar-refractivity contribution is 6.00. The number of nitrogens with two attached hydrogens (primary N) is 1. The number of nitrogens with zero attached hydrogens (tertiary/aromatic N) is 2. The number of carbonyl (C=O) groups is 1. The number of imidazole rings is 1. The predicted octanol–water partition coefficient (Wildman–Crippen LogP) is 5.92. The Bertz CT molecular complexity index is 1880. The fourth-order valence-electron chi connectivity index (χ4n) is 4.86. The summed E-state index contributed by atoms with van der Waals surface area (Å²) in [6.45, 7) is 1.45. The fourth-order valence-corrected chi connectivity index (χ4v) is 4.86. The number of halogens is 3. The van der Waals surface area contributed by atoms with Gasteiger partial charge in [0.25, 0.3) is 0 Å². The van der Waals surface area contributed by atoms with Gasteiger partial charge in [0.2, 0.25) is 0 Å². The first-order valence-corrected chi connectivity index (χ1v) is 12.8. The Hall–Kier alpha value is -5.03. The third-order valence-electron chi connectivity index (χ3n) is 6.66. The molecule has 210 valence electrons. The minimum atomic E-state index is -5.08. The molecule has 3 aromatic carbocycles. The molecule has 5 N–H and O–H groups in total. The summed E-state index contributed by atoms with van der Waals surface area (Å²) >= 11 is 0. The number of H-pyrrole nitrogens is 2. The maximum Gasteiger partial charge on any atom is 0.490 e. The fraction of sp³-hybridized carbons (Fsp3) is 0.133. The number of nitrogens with one attached hydrogen (secondary N) is 2. The van der Waals surface area contributed by atoms with Gasteiger partial charge in [-0.3, -0.25) is 4.57 Å². The lowest BCUT2D eigenvalue weighted by molar-refractivity contribution is -0.192. The molecule has 3 aromatic heterocycles. The molecule has 11 heteroatoms. The first-order valence-electron chi connectivity index (χ1n) is 12.8. The van der Waals surface area contributed by atoms with Crippen LogP contribution in [-0.4, -0.2) is 42.9 Å². The topological polar surface area (TPSA) is 122 Å². The maximum absolute atomic E-state index is 13.5. The zero-order valence-corrected chi connectivity index (χ0v) is 21.7. The molecular weight excluding hydrogens is 535 g/mol. The van der Waals surface area contributed by atoms with Crippen LogP contribution in [0.1, 0.15) is 6.42 Å². The number of aromatic nitrogens is 4. The number of hydrogen-bond donors (Lipinski definition) is 4. The van der Waals surface area contributed by atoms with E-state index in [0.29, 0.717) is 6.54 Å². The number of carboxylic acids is 1. The molecule has 0 aliphatic heterocycles. The SMILES string of the molecule is NCCCn1cc(-c2c(-c3ccccc3)[nH]c(=O)n2-c2c[nH]c3ccccc23)c2ccccc21.O=C(O)C(F)(F)F. The predicted molar refractivity (Wildman–Crippen MR) is 152 cm³/mol. The van der Waals surface area contributed by atoms with Crippen LogP contribution in [0.3, 0.4) is 0 Å². The molecule has 6 aromatic rings. The van der Waals surface area contributed by atoms with E-state index in [1.165, 1.54) is 0 Å². The molecule has 41 heavy (non-hydrogen) atoms. The van der Waals surface area contributed by atoms with Crippen molar-refractivity contribution in [1.29, 1.82) is 0 Å². The molecular formula is C30H26F3N5O3. The summed E-state index contributed by atoms with van der Waals surface area (Å²) in [5.41, 5.74) is 12.2. The van der Waals surface area contributed by atoms with Gasteiger partial charge in [0, 0.05) is 51.9 Å². The summed E-state index contributed by atoms with van der Waals surface area (Å²) in [4.78, 5) is 28.9. The molecule has 0 bridgehead atoms. The molecule has 0 spiro atoms. The van der Waals surface area contributed by atoms with Gasteiger partial charge in [0.05, 0.1) is 17.1 Å². The van der Waals surface area contributed by atoms with Crippen LogP contribution in [0.4, 0.5) is 13.2 Å². The number of benzene rings is 3. The molecule has 8 nitrogen and oxygen atoms in total. The summed E-state index contributed by atoms with van der Waals surface area (Å²) in [7, 11) is 0. The second kappa shape index (κ2) is 11.2. The van der Waals surface area contributed by atoms with Crippen molar-refractivity contribution in [3.63, 3.8) is 0 Å². The molecule has 0 aliphatic rings. The molecule has 0 saturated heterocycles. The number of aromatic amines is 2. The normalized spacial score (nSPS) is 11.5. The first-order chi connectivity index (χ1) is 19.7. The van der Waals surface area contributed by atoms with E-state index in [9.17, 15) is 18.0 Å². The molecule has 0 unspecified atom stereocenters. The van der Waals surface area contributed by atoms with Gasteiger partial charge in [0.15, 0.2) is 0 Å². The second-order valence-electron chi connectivity index (χ2n) is 9.27. The van der Waals surface area contributed by atoms with Gasteiger partial charge in [-0.05, 0) is 25.1 Å². The van der Waals surface area contributed by atoms with Crippen molar-refractivity contribution in [2.24, 2.45) is 5.73 Å². The third-order valence-corrected chi connectivity index (χ3v) is 6.66. The smallest absolute Gasteiger partial charge is 0.475 e. The van der Waals surface area contributed by atoms with Crippen molar-refractivity contribution in [2.45, 2.75) is 19.1 Å². The van der Waals surface area contributed by atoms with Crippen LogP contribution in [0, 0.1) is 0 Å². The number of rotatable bonds is 6. The Labute approximate surface area is 231 Å². The molecule has 0 radical (unpaired) electrons. The summed E-state index contributed by atoms with van der Waals surface area (Å²) in [5, 5.41) is 9.22. The zero-order valence-electron chi connectivity index (χ0n) is 21.7. The Balaban J connectivity index is 0.000000431. The number of aryl methyl sites for hydroxylation is 1. The van der Waals surface area contributed by atoms with Gasteiger partial charge in [-0.1, -0.05) is 66.7 Å². The van der Waals surface area contributed by atoms with E-state index < -0.39 is 12.1 Å². The number of alkyl halides is 3. The second-order valence-corrected chi connectivity index (χ2v) is 9.27. The Morgan fingerprint density at radius 3 is 2.24 bits per heavy atom. The Morgan fingerprint density at radius 1 is 0.927 bits per heavy atom. The van der Waals surface area contributed by atoms with E-state index in [1.54, 1.807) is 4.57 Å². The highest BCUT2D eigenvalue weighted by Gasteiger charge is 2.38. The lowest BCUT2D eigenvalue weighted by Crippen LogP contribution is -2.21. The van der Waals surface area contributed by atoms with Gasteiger partial charge >= 0.3 is 17.8 Å². The Morgan fingerprint density at radius 2 is 1.56 bits per heavy atom. The number of fused-ring (bicyclic) bond motifs is 2. The van der Waals surface area contributed by atoms with Gasteiger partial charge in [-0.2, -0.15) is 13.2 Å². The average Bonchev–Trinajstić information content (AvgIpc) is 3.65. The minimum Gasteiger partial charge on any atom is -0.475 e. The average molecular weight is 562 g/mol. The summed E-state index contributed by atoms with van der Waals surface area (Å²) in [5.74, 6) is -2.76. The molecule has 0 saturated carbocycles. The standard InChI is InChI=1S/C28H25N5O.C2HF3O2/c29-15-8-16-32-18-22(20-11-5-7-14-24(20)32)27-26(19-9-2-1-3-10-19)31-28(34)33(27)25-17-30-23-13-6-4-12-21(23)25;3-2(4,5)1(6)7/h1-7,9-14,17-18,30H,8,15-16,29H2,(H,31,34);(H,6,7). The first kappa shape index (κ1) is 27.5. The van der Waals surface area contributed by atoms with E-state index in [1.807, 2.05) is 72.9 Å². The highest BCUT2D eigenvalue weighted by Crippen LogP contribution is 2.38. The molecule has 0 fully saturated rings. The summed E-state index contributed by atoms with van der Waals surface area (Å²) < 4.78 is 35.8. The van der Waals surface area contributed by atoms with Crippen LogP contribution in [0.15, 0.2) is 96.1 Å². The number of aliphatic carboxylic acids is 1. The largest absolute Gasteiger partial charge is 0.490 e. The highest BCUT2D eigenvalue weighted by atomic mass is 19.4. The number of para-hydroxylation sites is 2. The van der Waals surface area contributed by atoms with Crippen molar-refractivity contribution < 1.29 is 23.1 Å². The van der Waals surface area contributed by atoms with E-state index in [2.05, 4.69) is 32.9 Å². The van der Waals surface area contributed by atoms with Gasteiger partial charge in [0.1, 0.15) is 0 Å². The van der Waals surface area contributed by atoms with E-state index in [4.69, 9.17) is 15.6 Å². The van der Waals surface area contributed by atoms with E-state index >= 15 is 0 Å². The van der Waals surface area contributed by atoms with Crippen LogP contribution in [0.5, 0.6) is 0 Å². The molecule has 0 atom stereocenters. The van der Waals surface area contributed by atoms with Crippen LogP contribution < -0.4 is 11.4 Å². The van der Waals surface area contributed by atoms with Gasteiger partial charge in [-0.15, -0.1) is 0 Å².